The number of carbonyl (C=O) groups excluding carboxylic acids is 1. The molecule has 2 aliphatic heterocycles. The molecule has 10 heteroatoms. The van der Waals surface area contributed by atoms with E-state index in [2.05, 4.69) is 14.9 Å². The molecular formula is C26H32N7O3+. The third kappa shape index (κ3) is 3.91. The highest BCUT2D eigenvalue weighted by Crippen LogP contribution is 2.39. The van der Waals surface area contributed by atoms with E-state index in [1.807, 2.05) is 24.1 Å². The summed E-state index contributed by atoms with van der Waals surface area (Å²) in [5.41, 5.74) is 1.84. The molecule has 188 valence electrons. The van der Waals surface area contributed by atoms with Crippen molar-refractivity contribution in [3.63, 3.8) is 0 Å². The highest BCUT2D eigenvalue weighted by Gasteiger charge is 2.39. The van der Waals surface area contributed by atoms with Gasteiger partial charge in [0, 0.05) is 43.4 Å². The highest BCUT2D eigenvalue weighted by atomic mass is 16.5. The van der Waals surface area contributed by atoms with Crippen LogP contribution in [0, 0.1) is 13.5 Å². The van der Waals surface area contributed by atoms with E-state index in [9.17, 15) is 9.90 Å². The molecule has 2 saturated heterocycles. The fraction of sp³-hybridized carbons (Fsp3) is 0.577. The third-order valence-electron chi connectivity index (χ3n) is 8.02. The largest absolute Gasteiger partial charge is 0.382 e. The Kier molecular flexibility index (Phi) is 5.67. The van der Waals surface area contributed by atoms with Gasteiger partial charge in [0.05, 0.1) is 18.3 Å². The predicted molar refractivity (Wildman–Crippen MR) is 133 cm³/mol. The molecule has 10 nitrogen and oxygen atoms in total. The molecule has 36 heavy (non-hydrogen) atoms. The monoisotopic (exact) mass is 490 g/mol. The van der Waals surface area contributed by atoms with Gasteiger partial charge in [0.2, 0.25) is 0 Å². The number of hydrogen-bond acceptors (Lipinski definition) is 7. The van der Waals surface area contributed by atoms with Gasteiger partial charge in [-0.3, -0.25) is 4.79 Å². The zero-order chi connectivity index (χ0) is 24.9. The van der Waals surface area contributed by atoms with Gasteiger partial charge in [0.25, 0.3) is 18.5 Å². The number of aliphatic hydroxyl groups is 1. The van der Waals surface area contributed by atoms with Crippen LogP contribution in [0.5, 0.6) is 0 Å². The van der Waals surface area contributed by atoms with Gasteiger partial charge < -0.3 is 19.4 Å². The van der Waals surface area contributed by atoms with Crippen LogP contribution in [-0.4, -0.2) is 61.3 Å². The predicted octanol–water partition coefficient (Wildman–Crippen LogP) is 3.70. The average molecular weight is 491 g/mol. The third-order valence-corrected chi connectivity index (χ3v) is 8.02. The smallest absolute Gasteiger partial charge is 0.290 e. The molecule has 0 radical (unpaired) electrons. The van der Waals surface area contributed by atoms with Crippen LogP contribution in [-0.2, 0) is 5.60 Å². The molecular weight excluding hydrogens is 458 g/mol. The van der Waals surface area contributed by atoms with Crippen LogP contribution in [0.15, 0.2) is 22.9 Å². The lowest BCUT2D eigenvalue weighted by atomic mass is 9.97. The zero-order valence-corrected chi connectivity index (χ0v) is 20.6. The number of piperidine rings is 1. The molecule has 2 atom stereocenters. The van der Waals surface area contributed by atoms with E-state index >= 15 is 0 Å². The summed E-state index contributed by atoms with van der Waals surface area (Å²) in [6.07, 6.45) is 8.84. The quantitative estimate of drug-likeness (QED) is 0.595. The zero-order valence-electron chi connectivity index (χ0n) is 20.6. The van der Waals surface area contributed by atoms with Gasteiger partial charge in [-0.25, -0.2) is 9.50 Å². The minimum absolute atomic E-state index is 0.135. The van der Waals surface area contributed by atoms with Crippen molar-refractivity contribution in [3.8, 4) is 6.57 Å². The number of anilines is 1. The van der Waals surface area contributed by atoms with Crippen LogP contribution in [0.25, 0.3) is 10.5 Å². The first-order valence-corrected chi connectivity index (χ1v) is 13.0. The molecule has 0 bridgehead atoms. The Bertz CT molecular complexity index is 1330. The SMILES string of the molecule is C#[N+][C@H]1CCN(c2nc3cc([C@@H]4CCCCN4C(=O)c4cc(C5(O)CCCC5)on4)nn3cc2C)C1. The van der Waals surface area contributed by atoms with Gasteiger partial charge in [-0.05, 0) is 51.9 Å². The van der Waals surface area contributed by atoms with E-state index < -0.39 is 5.60 Å². The summed E-state index contributed by atoms with van der Waals surface area (Å²) in [6.45, 7) is 9.81. The molecule has 3 aliphatic rings. The lowest BCUT2D eigenvalue weighted by molar-refractivity contribution is 0.0162. The molecule has 0 aromatic carbocycles. The Labute approximate surface area is 209 Å². The summed E-state index contributed by atoms with van der Waals surface area (Å²) in [5.74, 6) is 1.13. The maximum atomic E-state index is 13.5. The topological polar surface area (TPSA) is 104 Å². The number of fused-ring (bicyclic) bond motifs is 1. The summed E-state index contributed by atoms with van der Waals surface area (Å²) in [4.78, 5) is 26.4. The molecule has 5 heterocycles. The molecule has 3 fully saturated rings. The lowest BCUT2D eigenvalue weighted by Gasteiger charge is -2.34. The first kappa shape index (κ1) is 23.0. The van der Waals surface area contributed by atoms with Crippen molar-refractivity contribution in [2.75, 3.05) is 24.5 Å². The molecule has 1 aliphatic carbocycles. The number of carbonyl (C=O) groups is 1. The lowest BCUT2D eigenvalue weighted by Crippen LogP contribution is -2.38. The normalized spacial score (nSPS) is 23.9. The van der Waals surface area contributed by atoms with Crippen molar-refractivity contribution in [1.82, 2.24) is 24.7 Å². The molecule has 1 N–H and O–H groups in total. The first-order chi connectivity index (χ1) is 17.4. The number of likely N-dealkylation sites (tertiary alicyclic amines) is 1. The van der Waals surface area contributed by atoms with Gasteiger partial charge in [-0.1, -0.05) is 10.0 Å². The summed E-state index contributed by atoms with van der Waals surface area (Å²) < 4.78 is 7.25. The second-order valence-electron chi connectivity index (χ2n) is 10.5. The molecule has 3 aromatic heterocycles. The van der Waals surface area contributed by atoms with Crippen LogP contribution in [0.4, 0.5) is 5.82 Å². The van der Waals surface area contributed by atoms with E-state index in [-0.39, 0.29) is 23.7 Å². The fourth-order valence-corrected chi connectivity index (χ4v) is 5.99. The Morgan fingerprint density at radius 1 is 1.19 bits per heavy atom. The van der Waals surface area contributed by atoms with E-state index in [1.165, 1.54) is 0 Å². The summed E-state index contributed by atoms with van der Waals surface area (Å²) >= 11 is 0. The van der Waals surface area contributed by atoms with Crippen molar-refractivity contribution in [3.05, 3.63) is 45.9 Å². The van der Waals surface area contributed by atoms with E-state index in [4.69, 9.17) is 21.2 Å². The maximum absolute atomic E-state index is 13.5. The Hall–Kier alpha value is -3.45. The van der Waals surface area contributed by atoms with Crippen molar-refractivity contribution in [2.45, 2.75) is 76.0 Å². The molecule has 1 saturated carbocycles. The summed E-state index contributed by atoms with van der Waals surface area (Å²) in [6, 6.07) is 3.57. The fourth-order valence-electron chi connectivity index (χ4n) is 5.99. The van der Waals surface area contributed by atoms with Gasteiger partial charge in [-0.2, -0.15) is 5.10 Å². The highest BCUT2D eigenvalue weighted by molar-refractivity contribution is 5.92. The van der Waals surface area contributed by atoms with Crippen LogP contribution in [0.1, 0.15) is 84.9 Å². The van der Waals surface area contributed by atoms with Gasteiger partial charge in [0.15, 0.2) is 17.1 Å². The van der Waals surface area contributed by atoms with E-state index in [0.29, 0.717) is 25.1 Å². The maximum Gasteiger partial charge on any atom is 0.290 e. The van der Waals surface area contributed by atoms with E-state index in [1.54, 1.807) is 10.6 Å². The van der Waals surface area contributed by atoms with Gasteiger partial charge >= 0.3 is 0 Å². The number of aryl methyl sites for hydroxylation is 1. The van der Waals surface area contributed by atoms with E-state index in [0.717, 1.165) is 74.3 Å². The standard InChI is InChI=1S/C26H32N7O3/c1-17-15-33-23(28-24(17)31-12-8-18(16-31)27-2)14-19(29-33)21-7-3-6-11-32(21)25(34)20-13-22(36-30-20)26(35)9-4-5-10-26/h2,13-15,18,21,35H,3-12,16H2,1H3/q+1/t18-,21-/m0/s1. The number of aromatic nitrogens is 4. The van der Waals surface area contributed by atoms with Gasteiger partial charge in [-0.15, -0.1) is 0 Å². The molecule has 6 rings (SSSR count). The van der Waals surface area contributed by atoms with Gasteiger partial charge in [0.1, 0.15) is 11.4 Å². The Balaban J connectivity index is 1.27. The van der Waals surface area contributed by atoms with Crippen LogP contribution in [0.3, 0.4) is 0 Å². The van der Waals surface area contributed by atoms with Crippen molar-refractivity contribution >= 4 is 17.4 Å². The van der Waals surface area contributed by atoms with Crippen LogP contribution < -0.4 is 4.90 Å². The minimum Gasteiger partial charge on any atom is -0.382 e. The van der Waals surface area contributed by atoms with Crippen molar-refractivity contribution in [1.29, 1.82) is 0 Å². The van der Waals surface area contributed by atoms with Crippen LogP contribution >= 0.6 is 0 Å². The average Bonchev–Trinajstić information content (AvgIpc) is 3.69. The summed E-state index contributed by atoms with van der Waals surface area (Å²) in [7, 11) is 0. The number of rotatable bonds is 4. The first-order valence-electron chi connectivity index (χ1n) is 13.0. The molecule has 3 aromatic rings. The minimum atomic E-state index is -1.01. The number of amides is 1. The number of hydrogen-bond donors (Lipinski definition) is 1. The molecule has 0 unspecified atom stereocenters. The Morgan fingerprint density at radius 3 is 2.81 bits per heavy atom. The second kappa shape index (κ2) is 8.89. The molecule has 1 amide bonds. The summed E-state index contributed by atoms with van der Waals surface area (Å²) in [5, 5.41) is 19.7. The Morgan fingerprint density at radius 2 is 2.03 bits per heavy atom. The van der Waals surface area contributed by atoms with Crippen molar-refractivity contribution < 1.29 is 14.4 Å². The second-order valence-corrected chi connectivity index (χ2v) is 10.5. The number of nitrogens with zero attached hydrogens (tertiary/aromatic N) is 7. The van der Waals surface area contributed by atoms with Crippen LogP contribution in [0.2, 0.25) is 0 Å². The molecule has 0 spiro atoms. The van der Waals surface area contributed by atoms with Crippen molar-refractivity contribution in [2.24, 2.45) is 0 Å².